The van der Waals surface area contributed by atoms with Gasteiger partial charge in [-0.1, -0.05) is 121 Å². The second kappa shape index (κ2) is 9.39. The zero-order valence-corrected chi connectivity index (χ0v) is 22.8. The Hall–Kier alpha value is -5.34. The first-order valence-electron chi connectivity index (χ1n) is 14.1. The van der Waals surface area contributed by atoms with Crippen LogP contribution in [0.4, 0.5) is 11.4 Å². The second-order valence-corrected chi connectivity index (χ2v) is 10.6. The molecule has 0 saturated carbocycles. The Balaban J connectivity index is 1.53. The maximum atomic E-state index is 2.49. The van der Waals surface area contributed by atoms with Crippen LogP contribution in [0.2, 0.25) is 0 Å². The number of hydrogen-bond acceptors (Lipinski definition) is 1. The number of rotatable bonds is 4. The van der Waals surface area contributed by atoms with E-state index in [2.05, 4.69) is 168 Å². The highest BCUT2D eigenvalue weighted by molar-refractivity contribution is 6.33. The summed E-state index contributed by atoms with van der Waals surface area (Å²) >= 11 is 0. The summed E-state index contributed by atoms with van der Waals surface area (Å²) in [5, 5.41) is 7.66. The summed E-state index contributed by atoms with van der Waals surface area (Å²) in [6.07, 6.45) is 0. The molecule has 0 bridgehead atoms. The first-order chi connectivity index (χ1) is 20.3. The minimum absolute atomic E-state index is 1.15. The topological polar surface area (TPSA) is 8.17 Å². The molecule has 0 saturated heterocycles. The number of hydrogen-bond donors (Lipinski definition) is 0. The number of fused-ring (bicyclic) bond motifs is 8. The molecule has 194 valence electrons. The Bertz CT molecular complexity index is 2190. The van der Waals surface area contributed by atoms with Crippen molar-refractivity contribution in [2.24, 2.45) is 0 Å². The molecule has 0 spiro atoms. The average molecular weight is 525 g/mol. The molecule has 0 N–H and O–H groups in total. The van der Waals surface area contributed by atoms with E-state index in [-0.39, 0.29) is 0 Å². The molecule has 0 amide bonds. The van der Waals surface area contributed by atoms with E-state index < -0.39 is 0 Å². The first kappa shape index (κ1) is 23.5. The molecular formula is C39H28N2. The van der Waals surface area contributed by atoms with Crippen LogP contribution in [0.5, 0.6) is 0 Å². The van der Waals surface area contributed by atoms with Gasteiger partial charge in [-0.15, -0.1) is 0 Å². The molecule has 41 heavy (non-hydrogen) atoms. The molecule has 0 aliphatic heterocycles. The standard InChI is InChI=1S/C39H28N2/c1-40(29-15-6-3-7-16-29)36-22-12-21-35-37-33-19-10-8-17-31(33)32-18-9-11-20-34(32)39(37)41(38(35)36)30-25-23-28(24-26-30)27-13-4-2-5-14-27/h2-26H,1H3. The van der Waals surface area contributed by atoms with Crippen molar-refractivity contribution in [3.8, 4) is 16.8 Å². The molecule has 1 heterocycles. The van der Waals surface area contributed by atoms with Gasteiger partial charge in [-0.05, 0) is 57.6 Å². The Kier molecular flexibility index (Phi) is 5.39. The lowest BCUT2D eigenvalue weighted by Crippen LogP contribution is -2.11. The third-order valence-corrected chi connectivity index (χ3v) is 8.37. The highest BCUT2D eigenvalue weighted by Gasteiger charge is 2.22. The van der Waals surface area contributed by atoms with E-state index in [9.17, 15) is 0 Å². The van der Waals surface area contributed by atoms with Crippen LogP contribution in [-0.4, -0.2) is 11.6 Å². The highest BCUT2D eigenvalue weighted by Crippen LogP contribution is 2.45. The summed E-state index contributed by atoms with van der Waals surface area (Å²) in [7, 11) is 2.17. The zero-order valence-electron chi connectivity index (χ0n) is 22.8. The van der Waals surface area contributed by atoms with Gasteiger partial charge in [-0.25, -0.2) is 0 Å². The number of benzene rings is 7. The lowest BCUT2D eigenvalue weighted by Gasteiger charge is -2.22. The Labute approximate surface area is 239 Å². The highest BCUT2D eigenvalue weighted by atomic mass is 15.1. The third kappa shape index (κ3) is 3.65. The van der Waals surface area contributed by atoms with Crippen molar-refractivity contribution in [1.29, 1.82) is 0 Å². The van der Waals surface area contributed by atoms with Gasteiger partial charge in [0.05, 0.1) is 16.7 Å². The summed E-state index contributed by atoms with van der Waals surface area (Å²) in [6.45, 7) is 0. The normalized spacial score (nSPS) is 11.5. The SMILES string of the molecule is CN(c1ccccc1)c1cccc2c3c4ccccc4c4ccccc4c3n(-c3ccc(-c4ccccc4)cc3)c12. The molecule has 2 heteroatoms. The van der Waals surface area contributed by atoms with Gasteiger partial charge >= 0.3 is 0 Å². The maximum Gasteiger partial charge on any atom is 0.0779 e. The smallest absolute Gasteiger partial charge is 0.0779 e. The summed E-state index contributed by atoms with van der Waals surface area (Å²) in [5.41, 5.74) is 8.38. The maximum absolute atomic E-state index is 2.49. The summed E-state index contributed by atoms with van der Waals surface area (Å²) in [4.78, 5) is 2.31. The second-order valence-electron chi connectivity index (χ2n) is 10.6. The summed E-state index contributed by atoms with van der Waals surface area (Å²) in [6, 6.07) is 54.7. The Morgan fingerprint density at radius 1 is 0.415 bits per heavy atom. The molecule has 2 nitrogen and oxygen atoms in total. The molecule has 8 aromatic rings. The monoisotopic (exact) mass is 524 g/mol. The van der Waals surface area contributed by atoms with Gasteiger partial charge in [-0.3, -0.25) is 0 Å². The lowest BCUT2D eigenvalue weighted by atomic mass is 9.96. The van der Waals surface area contributed by atoms with Gasteiger partial charge in [0.15, 0.2) is 0 Å². The minimum Gasteiger partial charge on any atom is -0.343 e. The molecule has 8 rings (SSSR count). The van der Waals surface area contributed by atoms with Crippen LogP contribution < -0.4 is 4.90 Å². The zero-order chi connectivity index (χ0) is 27.3. The molecule has 0 unspecified atom stereocenters. The fourth-order valence-corrected chi connectivity index (χ4v) is 6.46. The van der Waals surface area contributed by atoms with Crippen LogP contribution >= 0.6 is 0 Å². The van der Waals surface area contributed by atoms with Crippen molar-refractivity contribution in [2.75, 3.05) is 11.9 Å². The lowest BCUT2D eigenvalue weighted by molar-refractivity contribution is 1.15. The average Bonchev–Trinajstić information content (AvgIpc) is 3.41. The Morgan fingerprint density at radius 2 is 0.951 bits per heavy atom. The van der Waals surface area contributed by atoms with Crippen LogP contribution in [0.1, 0.15) is 0 Å². The van der Waals surface area contributed by atoms with Crippen LogP contribution in [0, 0.1) is 0 Å². The van der Waals surface area contributed by atoms with Gasteiger partial charge in [0.1, 0.15) is 0 Å². The van der Waals surface area contributed by atoms with E-state index in [1.165, 1.54) is 60.2 Å². The third-order valence-electron chi connectivity index (χ3n) is 8.37. The van der Waals surface area contributed by atoms with Gasteiger partial charge in [0.25, 0.3) is 0 Å². The number of anilines is 2. The Morgan fingerprint density at radius 3 is 1.66 bits per heavy atom. The number of para-hydroxylation sites is 2. The fraction of sp³-hybridized carbons (Fsp3) is 0.0256. The van der Waals surface area contributed by atoms with Crippen molar-refractivity contribution in [2.45, 2.75) is 0 Å². The van der Waals surface area contributed by atoms with E-state index >= 15 is 0 Å². The van der Waals surface area contributed by atoms with Crippen molar-refractivity contribution in [3.05, 3.63) is 152 Å². The summed E-state index contributed by atoms with van der Waals surface area (Å²) in [5.74, 6) is 0. The summed E-state index contributed by atoms with van der Waals surface area (Å²) < 4.78 is 2.49. The van der Waals surface area contributed by atoms with E-state index in [4.69, 9.17) is 0 Å². The van der Waals surface area contributed by atoms with E-state index in [0.29, 0.717) is 0 Å². The predicted molar refractivity (Wildman–Crippen MR) is 176 cm³/mol. The van der Waals surface area contributed by atoms with Crippen LogP contribution in [0.3, 0.4) is 0 Å². The van der Waals surface area contributed by atoms with E-state index in [1.807, 2.05) is 0 Å². The molecule has 0 atom stereocenters. The van der Waals surface area contributed by atoms with Crippen molar-refractivity contribution >= 4 is 54.7 Å². The fourth-order valence-electron chi connectivity index (χ4n) is 6.46. The molecule has 0 aliphatic carbocycles. The quantitative estimate of drug-likeness (QED) is 0.208. The number of aromatic nitrogens is 1. The molecule has 0 radical (unpaired) electrons. The van der Waals surface area contributed by atoms with Crippen LogP contribution in [0.15, 0.2) is 152 Å². The van der Waals surface area contributed by atoms with Crippen molar-refractivity contribution in [1.82, 2.24) is 4.57 Å². The van der Waals surface area contributed by atoms with Gasteiger partial charge in [-0.2, -0.15) is 0 Å². The molecular weight excluding hydrogens is 496 g/mol. The van der Waals surface area contributed by atoms with Crippen molar-refractivity contribution in [3.63, 3.8) is 0 Å². The molecule has 0 fully saturated rings. The predicted octanol–water partition coefficient (Wildman–Crippen LogP) is 10.5. The van der Waals surface area contributed by atoms with Crippen LogP contribution in [0.25, 0.3) is 60.2 Å². The molecule has 7 aromatic carbocycles. The van der Waals surface area contributed by atoms with Crippen molar-refractivity contribution < 1.29 is 0 Å². The van der Waals surface area contributed by atoms with E-state index in [0.717, 1.165) is 11.4 Å². The van der Waals surface area contributed by atoms with E-state index in [1.54, 1.807) is 0 Å². The molecule has 0 aliphatic rings. The van der Waals surface area contributed by atoms with Crippen LogP contribution in [-0.2, 0) is 0 Å². The van der Waals surface area contributed by atoms with Gasteiger partial charge in [0, 0.05) is 34.6 Å². The molecule has 1 aromatic heterocycles. The number of nitrogens with zero attached hydrogens (tertiary/aromatic N) is 2. The largest absolute Gasteiger partial charge is 0.343 e. The first-order valence-corrected chi connectivity index (χ1v) is 14.1. The van der Waals surface area contributed by atoms with Gasteiger partial charge < -0.3 is 9.47 Å². The minimum atomic E-state index is 1.15. The van der Waals surface area contributed by atoms with Gasteiger partial charge in [0.2, 0.25) is 0 Å².